The fourth-order valence-corrected chi connectivity index (χ4v) is 1.93. The molecule has 4 N–H and O–H groups in total. The molecule has 13 nitrogen and oxygen atoms in total. The lowest BCUT2D eigenvalue weighted by Gasteiger charge is -2.12. The molecule has 0 saturated heterocycles. The Morgan fingerprint density at radius 2 is 1.50 bits per heavy atom. The van der Waals surface area contributed by atoms with E-state index in [1.807, 2.05) is 43.3 Å². The second kappa shape index (κ2) is 8.88. The Bertz CT molecular complexity index is 909. The highest BCUT2D eigenvalue weighted by molar-refractivity contribution is 5.95. The molecule has 0 fully saturated rings. The van der Waals surface area contributed by atoms with Crippen LogP contribution in [0.15, 0.2) is 36.4 Å². The Morgan fingerprint density at radius 3 is 1.86 bits per heavy atom. The molecule has 0 heterocycles. The number of non-ortho nitro benzene ring substituents is 1. The number of nitrogens with two attached hydrogens (primary N) is 1. The predicted molar refractivity (Wildman–Crippen MR) is 99.9 cm³/mol. The largest absolute Gasteiger partial charge is 0.497 e. The van der Waals surface area contributed by atoms with E-state index in [9.17, 15) is 30.3 Å². The van der Waals surface area contributed by atoms with Gasteiger partial charge in [0.05, 0.1) is 26.9 Å². The molecule has 0 saturated carbocycles. The molecule has 0 aliphatic rings. The van der Waals surface area contributed by atoms with E-state index in [0.29, 0.717) is 12.1 Å². The Balaban J connectivity index is 0.000000292. The first-order chi connectivity index (χ1) is 13.0. The summed E-state index contributed by atoms with van der Waals surface area (Å²) in [6.45, 7) is 0. The van der Waals surface area contributed by atoms with Gasteiger partial charge in [-0.25, -0.2) is 0 Å². The highest BCUT2D eigenvalue weighted by atomic mass is 16.6. The molecule has 0 spiro atoms. The van der Waals surface area contributed by atoms with Crippen molar-refractivity contribution in [2.24, 2.45) is 5.73 Å². The number of nitrogens with one attached hydrogen (secondary N) is 1. The first-order valence-electron chi connectivity index (χ1n) is 7.37. The lowest BCUT2D eigenvalue weighted by Crippen LogP contribution is -2.13. The number of anilines is 1. The minimum Gasteiger partial charge on any atom is -0.497 e. The van der Waals surface area contributed by atoms with Crippen LogP contribution in [0.1, 0.15) is 5.56 Å². The SMILES string of the molecule is CN(C)c1cccc(C(=N)N)c1.O=[N+]([O-])c1cc([N+](=O)[O-])c(O)c([N+](=O)[O-])c1. The van der Waals surface area contributed by atoms with Crippen LogP contribution in [0.4, 0.5) is 22.7 Å². The summed E-state index contributed by atoms with van der Waals surface area (Å²) >= 11 is 0. The van der Waals surface area contributed by atoms with Gasteiger partial charge in [0.1, 0.15) is 5.84 Å². The average Bonchev–Trinajstić information content (AvgIpc) is 2.61. The molecule has 0 aliphatic carbocycles. The van der Waals surface area contributed by atoms with Crippen molar-refractivity contribution in [1.82, 2.24) is 0 Å². The van der Waals surface area contributed by atoms with Crippen molar-refractivity contribution in [2.45, 2.75) is 0 Å². The Morgan fingerprint density at radius 1 is 1.00 bits per heavy atom. The molecule has 2 rings (SSSR count). The van der Waals surface area contributed by atoms with Crippen LogP contribution in [0.5, 0.6) is 5.75 Å². The highest BCUT2D eigenvalue weighted by Crippen LogP contribution is 2.38. The number of amidine groups is 1. The fraction of sp³-hybridized carbons (Fsp3) is 0.133. The summed E-state index contributed by atoms with van der Waals surface area (Å²) in [4.78, 5) is 29.7. The standard InChI is InChI=1S/C9H13N3.C6H3N3O7/c1-12(2)8-5-3-4-7(6-8)9(10)11;10-6-4(8(13)14)1-3(7(11)12)2-5(6)9(15)16/h3-6H,1-2H3,(H3,10,11);1-2,10H. The molecule has 28 heavy (non-hydrogen) atoms. The molecule has 0 radical (unpaired) electrons. The first kappa shape index (κ1) is 21.8. The van der Waals surface area contributed by atoms with Crippen LogP contribution in [-0.2, 0) is 0 Å². The fourth-order valence-electron chi connectivity index (χ4n) is 1.93. The summed E-state index contributed by atoms with van der Waals surface area (Å²) in [7, 11) is 3.92. The molecule has 0 aromatic heterocycles. The molecule has 0 bridgehead atoms. The molecule has 2 aromatic rings. The Kier molecular flexibility index (Phi) is 6.90. The molecular weight excluding hydrogens is 376 g/mol. The van der Waals surface area contributed by atoms with Crippen molar-refractivity contribution in [2.75, 3.05) is 19.0 Å². The van der Waals surface area contributed by atoms with E-state index in [0.717, 1.165) is 11.3 Å². The number of phenolic OH excluding ortho intramolecular Hbond substituents is 1. The third kappa shape index (κ3) is 5.35. The van der Waals surface area contributed by atoms with E-state index in [1.54, 1.807) is 0 Å². The highest BCUT2D eigenvalue weighted by Gasteiger charge is 2.30. The van der Waals surface area contributed by atoms with Gasteiger partial charge in [-0.2, -0.15) is 0 Å². The van der Waals surface area contributed by atoms with Crippen LogP contribution in [0, 0.1) is 35.8 Å². The smallest absolute Gasteiger partial charge is 0.324 e. The van der Waals surface area contributed by atoms with Gasteiger partial charge in [0.2, 0.25) is 0 Å². The molecule has 148 valence electrons. The Hall–Kier alpha value is -4.29. The van der Waals surface area contributed by atoms with Crippen molar-refractivity contribution in [3.8, 4) is 5.75 Å². The zero-order valence-corrected chi connectivity index (χ0v) is 14.7. The van der Waals surface area contributed by atoms with Crippen LogP contribution in [0.2, 0.25) is 0 Å². The molecular formula is C15H16N6O7. The topological polar surface area (TPSA) is 203 Å². The zero-order chi connectivity index (χ0) is 21.6. The van der Waals surface area contributed by atoms with Gasteiger partial charge >= 0.3 is 11.4 Å². The van der Waals surface area contributed by atoms with Gasteiger partial charge in [0.25, 0.3) is 11.4 Å². The third-order valence-corrected chi connectivity index (χ3v) is 3.33. The number of phenols is 1. The summed E-state index contributed by atoms with van der Waals surface area (Å²) in [6, 6.07) is 8.49. The number of nitrogen functional groups attached to an aromatic ring is 1. The van der Waals surface area contributed by atoms with E-state index in [4.69, 9.17) is 16.2 Å². The van der Waals surface area contributed by atoms with Crippen LogP contribution in [-0.4, -0.2) is 39.8 Å². The van der Waals surface area contributed by atoms with Crippen LogP contribution >= 0.6 is 0 Å². The van der Waals surface area contributed by atoms with E-state index < -0.39 is 37.6 Å². The van der Waals surface area contributed by atoms with Gasteiger partial charge < -0.3 is 15.7 Å². The zero-order valence-electron chi connectivity index (χ0n) is 14.7. The number of hydrogen-bond donors (Lipinski definition) is 3. The molecule has 0 unspecified atom stereocenters. The van der Waals surface area contributed by atoms with Gasteiger partial charge in [0.15, 0.2) is 0 Å². The summed E-state index contributed by atoms with van der Waals surface area (Å²) in [6.07, 6.45) is 0. The molecule has 2 aromatic carbocycles. The predicted octanol–water partition coefficient (Wildman–Crippen LogP) is 2.15. The third-order valence-electron chi connectivity index (χ3n) is 3.33. The van der Waals surface area contributed by atoms with Gasteiger partial charge in [-0.1, -0.05) is 12.1 Å². The number of nitro groups is 3. The molecule has 0 amide bonds. The van der Waals surface area contributed by atoms with Gasteiger partial charge in [-0.15, -0.1) is 0 Å². The number of nitrogens with zero attached hydrogens (tertiary/aromatic N) is 4. The lowest BCUT2D eigenvalue weighted by atomic mass is 10.2. The maximum Gasteiger partial charge on any atom is 0.324 e. The van der Waals surface area contributed by atoms with E-state index in [1.165, 1.54) is 0 Å². The average molecular weight is 392 g/mol. The van der Waals surface area contributed by atoms with E-state index in [-0.39, 0.29) is 5.84 Å². The quantitative estimate of drug-likeness (QED) is 0.294. The number of hydrogen-bond acceptors (Lipinski definition) is 9. The minimum atomic E-state index is -1.21. The second-order valence-corrected chi connectivity index (χ2v) is 5.46. The lowest BCUT2D eigenvalue weighted by molar-refractivity contribution is -0.404. The maximum atomic E-state index is 10.4. The monoisotopic (exact) mass is 392 g/mol. The minimum absolute atomic E-state index is 0.110. The maximum absolute atomic E-state index is 10.4. The first-order valence-corrected chi connectivity index (χ1v) is 7.37. The number of nitro benzene ring substituents is 3. The molecule has 13 heteroatoms. The van der Waals surface area contributed by atoms with E-state index >= 15 is 0 Å². The van der Waals surface area contributed by atoms with E-state index in [2.05, 4.69) is 0 Å². The van der Waals surface area contributed by atoms with Gasteiger partial charge in [0, 0.05) is 25.3 Å². The van der Waals surface area contributed by atoms with Crippen molar-refractivity contribution < 1.29 is 19.9 Å². The summed E-state index contributed by atoms with van der Waals surface area (Å²) in [5.41, 5.74) is 4.17. The van der Waals surface area contributed by atoms with Crippen LogP contribution < -0.4 is 10.6 Å². The summed E-state index contributed by atoms with van der Waals surface area (Å²) < 4.78 is 0. The molecule has 0 aliphatic heterocycles. The Labute approximate surface area is 157 Å². The summed E-state index contributed by atoms with van der Waals surface area (Å²) in [5, 5.41) is 47.4. The van der Waals surface area contributed by atoms with Gasteiger partial charge in [-0.05, 0) is 12.1 Å². The summed E-state index contributed by atoms with van der Waals surface area (Å²) in [5.74, 6) is -1.10. The van der Waals surface area contributed by atoms with Crippen molar-refractivity contribution >= 4 is 28.6 Å². The van der Waals surface area contributed by atoms with Crippen molar-refractivity contribution in [3.63, 3.8) is 0 Å². The normalized spacial score (nSPS) is 9.64. The number of rotatable bonds is 5. The molecule has 0 atom stereocenters. The van der Waals surface area contributed by atoms with Crippen molar-refractivity contribution in [3.05, 3.63) is 72.3 Å². The van der Waals surface area contributed by atoms with Crippen molar-refractivity contribution in [1.29, 1.82) is 5.41 Å². The van der Waals surface area contributed by atoms with Gasteiger partial charge in [-0.3, -0.25) is 35.8 Å². The number of aromatic hydroxyl groups is 1. The number of benzene rings is 2. The second-order valence-electron chi connectivity index (χ2n) is 5.46. The van der Waals surface area contributed by atoms with Crippen LogP contribution in [0.25, 0.3) is 0 Å². The van der Waals surface area contributed by atoms with Crippen LogP contribution in [0.3, 0.4) is 0 Å².